The molecule has 0 aliphatic heterocycles. The van der Waals surface area contributed by atoms with Gasteiger partial charge in [-0.05, 0) is 47.5 Å². The summed E-state index contributed by atoms with van der Waals surface area (Å²) in [5.74, 6) is -0.392. The van der Waals surface area contributed by atoms with Crippen molar-refractivity contribution in [2.75, 3.05) is 31.9 Å². The van der Waals surface area contributed by atoms with Crippen LogP contribution in [-0.4, -0.2) is 53.4 Å². The van der Waals surface area contributed by atoms with E-state index in [9.17, 15) is 18.0 Å². The number of esters is 1. The first-order valence-electron chi connectivity index (χ1n) is 11.4. The zero-order chi connectivity index (χ0) is 26.8. The first-order valence-corrected chi connectivity index (χ1v) is 13.2. The predicted molar refractivity (Wildman–Crippen MR) is 142 cm³/mol. The number of hydrogen-bond donors (Lipinski definition) is 0. The zero-order valence-corrected chi connectivity index (χ0v) is 21.7. The number of methoxy groups -OCH3 is 2. The summed E-state index contributed by atoms with van der Waals surface area (Å²) in [7, 11) is -0.826. The number of anilines is 1. The van der Waals surface area contributed by atoms with E-state index in [1.807, 2.05) is 54.6 Å². The van der Waals surface area contributed by atoms with Gasteiger partial charge >= 0.3 is 16.1 Å². The molecule has 8 nitrogen and oxygen atoms in total. The van der Waals surface area contributed by atoms with Gasteiger partial charge in [0.1, 0.15) is 5.75 Å². The molecule has 0 unspecified atom stereocenters. The fraction of sp³-hybridized carbons (Fsp3) is 0.214. The molecule has 0 fully saturated rings. The quantitative estimate of drug-likeness (QED) is 0.275. The maximum atomic E-state index is 13.3. The molecule has 3 aromatic carbocycles. The standard InChI is InChI=1S/C28H29NO7S/c1-34-26(28(31)35-2)20-22-11-15-24(16-12-22)29(27(30)23-9-5-4-6-10-23)19-7-8-21-13-17-25(18-14-21)36-37(3,32)33/h4-18,26H,19-20H2,1-3H3/t26-/m0/s1. The molecule has 0 aromatic heterocycles. The predicted octanol–water partition coefficient (Wildman–Crippen LogP) is 4.12. The number of rotatable bonds is 11. The van der Waals surface area contributed by atoms with Crippen LogP contribution in [0.15, 0.2) is 84.9 Å². The highest BCUT2D eigenvalue weighted by Gasteiger charge is 2.20. The Kier molecular flexibility index (Phi) is 9.59. The summed E-state index contributed by atoms with van der Waals surface area (Å²) in [6.07, 6.45) is 4.30. The normalized spacial score (nSPS) is 12.2. The minimum atomic E-state index is -3.59. The van der Waals surface area contributed by atoms with Crippen LogP contribution in [0.5, 0.6) is 5.75 Å². The van der Waals surface area contributed by atoms with Gasteiger partial charge < -0.3 is 18.6 Å². The third-order valence-electron chi connectivity index (χ3n) is 5.41. The summed E-state index contributed by atoms with van der Waals surface area (Å²) < 4.78 is 37.4. The Balaban J connectivity index is 1.79. The Morgan fingerprint density at radius 1 is 0.919 bits per heavy atom. The molecule has 1 atom stereocenters. The highest BCUT2D eigenvalue weighted by Crippen LogP contribution is 2.21. The lowest BCUT2D eigenvalue weighted by Crippen LogP contribution is -2.31. The molecule has 0 bridgehead atoms. The van der Waals surface area contributed by atoms with Crippen molar-refractivity contribution in [3.8, 4) is 5.75 Å². The summed E-state index contributed by atoms with van der Waals surface area (Å²) in [5, 5.41) is 0. The van der Waals surface area contributed by atoms with Gasteiger partial charge in [0.25, 0.3) is 5.91 Å². The van der Waals surface area contributed by atoms with Gasteiger partial charge in [0.15, 0.2) is 6.10 Å². The number of carbonyl (C=O) groups excluding carboxylic acids is 2. The van der Waals surface area contributed by atoms with Crippen LogP contribution in [0.1, 0.15) is 21.5 Å². The van der Waals surface area contributed by atoms with Gasteiger partial charge in [0.2, 0.25) is 0 Å². The molecule has 0 spiro atoms. The van der Waals surface area contributed by atoms with Crippen molar-refractivity contribution in [2.45, 2.75) is 12.5 Å². The second-order valence-corrected chi connectivity index (χ2v) is 9.73. The molecule has 1 amide bonds. The fourth-order valence-electron chi connectivity index (χ4n) is 3.57. The van der Waals surface area contributed by atoms with Gasteiger partial charge in [-0.2, -0.15) is 8.42 Å². The SMILES string of the molecule is COC(=O)[C@H](Cc1ccc(N(CC=Cc2ccc(OS(C)(=O)=O)cc2)C(=O)c2ccccc2)cc1)OC. The smallest absolute Gasteiger partial charge is 0.335 e. The molecular formula is C28H29NO7S. The van der Waals surface area contributed by atoms with E-state index in [-0.39, 0.29) is 18.2 Å². The molecule has 3 rings (SSSR count). The molecule has 0 saturated carbocycles. The number of amides is 1. The summed E-state index contributed by atoms with van der Waals surface area (Å²) in [4.78, 5) is 26.8. The second-order valence-electron chi connectivity index (χ2n) is 8.16. The van der Waals surface area contributed by atoms with Crippen LogP contribution in [-0.2, 0) is 30.8 Å². The van der Waals surface area contributed by atoms with E-state index in [2.05, 4.69) is 0 Å². The van der Waals surface area contributed by atoms with Crippen LogP contribution < -0.4 is 9.08 Å². The molecule has 3 aromatic rings. The van der Waals surface area contributed by atoms with Gasteiger partial charge in [-0.25, -0.2) is 4.79 Å². The highest BCUT2D eigenvalue weighted by molar-refractivity contribution is 7.86. The third-order valence-corrected chi connectivity index (χ3v) is 5.90. The third kappa shape index (κ3) is 8.30. The van der Waals surface area contributed by atoms with Gasteiger partial charge in [-0.15, -0.1) is 0 Å². The molecule has 9 heteroatoms. The van der Waals surface area contributed by atoms with E-state index >= 15 is 0 Å². The number of carbonyl (C=O) groups is 2. The average molecular weight is 524 g/mol. The van der Waals surface area contributed by atoms with Gasteiger partial charge in [-0.3, -0.25) is 4.79 Å². The van der Waals surface area contributed by atoms with Crippen molar-refractivity contribution < 1.29 is 31.7 Å². The van der Waals surface area contributed by atoms with E-state index in [0.29, 0.717) is 17.7 Å². The van der Waals surface area contributed by atoms with E-state index in [1.165, 1.54) is 14.2 Å². The summed E-state index contributed by atoms with van der Waals surface area (Å²) in [6, 6.07) is 22.9. The Morgan fingerprint density at radius 3 is 2.14 bits per heavy atom. The molecule has 0 aliphatic rings. The highest BCUT2D eigenvalue weighted by atomic mass is 32.2. The summed E-state index contributed by atoms with van der Waals surface area (Å²) >= 11 is 0. The molecule has 0 aliphatic carbocycles. The van der Waals surface area contributed by atoms with Crippen LogP contribution >= 0.6 is 0 Å². The first-order chi connectivity index (χ1) is 17.7. The van der Waals surface area contributed by atoms with Crippen LogP contribution in [0.2, 0.25) is 0 Å². The molecule has 194 valence electrons. The lowest BCUT2D eigenvalue weighted by atomic mass is 10.1. The van der Waals surface area contributed by atoms with E-state index < -0.39 is 22.2 Å². The van der Waals surface area contributed by atoms with Crippen LogP contribution in [0.25, 0.3) is 6.08 Å². The van der Waals surface area contributed by atoms with Crippen LogP contribution in [0.3, 0.4) is 0 Å². The number of hydrogen-bond acceptors (Lipinski definition) is 7. The summed E-state index contributed by atoms with van der Waals surface area (Å²) in [5.41, 5.74) is 2.91. The Labute approximate surface area is 217 Å². The molecular weight excluding hydrogens is 494 g/mol. The average Bonchev–Trinajstić information content (AvgIpc) is 2.90. The first kappa shape index (κ1) is 27.6. The van der Waals surface area contributed by atoms with Crippen LogP contribution in [0, 0.1) is 0 Å². The molecule has 0 saturated heterocycles. The molecule has 0 heterocycles. The van der Waals surface area contributed by atoms with E-state index in [4.69, 9.17) is 13.7 Å². The van der Waals surface area contributed by atoms with Crippen molar-refractivity contribution in [1.82, 2.24) is 0 Å². The number of nitrogens with zero attached hydrogens (tertiary/aromatic N) is 1. The number of benzene rings is 3. The zero-order valence-electron chi connectivity index (χ0n) is 20.9. The Hall–Kier alpha value is -3.95. The monoisotopic (exact) mass is 523 g/mol. The molecule has 37 heavy (non-hydrogen) atoms. The fourth-order valence-corrected chi connectivity index (χ4v) is 4.03. The number of ether oxygens (including phenoxy) is 2. The van der Waals surface area contributed by atoms with Crippen molar-refractivity contribution in [3.05, 3.63) is 102 Å². The second kappa shape index (κ2) is 12.8. The van der Waals surface area contributed by atoms with Gasteiger partial charge in [0.05, 0.1) is 13.4 Å². The van der Waals surface area contributed by atoms with Crippen molar-refractivity contribution >= 4 is 33.8 Å². The molecule has 0 radical (unpaired) electrons. The lowest BCUT2D eigenvalue weighted by molar-refractivity contribution is -0.152. The van der Waals surface area contributed by atoms with Gasteiger partial charge in [-0.1, -0.05) is 54.6 Å². The Morgan fingerprint density at radius 2 is 1.57 bits per heavy atom. The van der Waals surface area contributed by atoms with E-state index in [0.717, 1.165) is 17.4 Å². The van der Waals surface area contributed by atoms with Crippen LogP contribution in [0.4, 0.5) is 5.69 Å². The van der Waals surface area contributed by atoms with Crippen molar-refractivity contribution in [1.29, 1.82) is 0 Å². The largest absolute Gasteiger partial charge is 0.467 e. The van der Waals surface area contributed by atoms with E-state index in [1.54, 1.807) is 41.3 Å². The maximum absolute atomic E-state index is 13.3. The minimum Gasteiger partial charge on any atom is -0.467 e. The lowest BCUT2D eigenvalue weighted by Gasteiger charge is -2.22. The van der Waals surface area contributed by atoms with Crippen molar-refractivity contribution in [2.24, 2.45) is 0 Å². The summed E-state index contributed by atoms with van der Waals surface area (Å²) in [6.45, 7) is 0.289. The molecule has 0 N–H and O–H groups in total. The van der Waals surface area contributed by atoms with Crippen molar-refractivity contribution in [3.63, 3.8) is 0 Å². The minimum absolute atomic E-state index is 0.167. The topological polar surface area (TPSA) is 99.2 Å². The maximum Gasteiger partial charge on any atom is 0.335 e. The Bertz CT molecular complexity index is 1320. The van der Waals surface area contributed by atoms with Gasteiger partial charge in [0, 0.05) is 31.3 Å².